The normalized spacial score (nSPS) is 11.1. The van der Waals surface area contributed by atoms with E-state index in [-0.39, 0.29) is 24.3 Å². The Kier molecular flexibility index (Phi) is 6.29. The van der Waals surface area contributed by atoms with Gasteiger partial charge in [0.1, 0.15) is 5.75 Å². The van der Waals surface area contributed by atoms with Gasteiger partial charge in [-0.1, -0.05) is 18.2 Å². The molecule has 0 fully saturated rings. The van der Waals surface area contributed by atoms with Crippen LogP contribution in [0, 0.1) is 13.8 Å². The summed E-state index contributed by atoms with van der Waals surface area (Å²) in [7, 11) is 1.59. The molecule has 0 saturated heterocycles. The molecular weight excluding hydrogens is 440 g/mol. The van der Waals surface area contributed by atoms with E-state index in [1.807, 2.05) is 24.3 Å². The topological polar surface area (TPSA) is 87.6 Å². The molecule has 3 aromatic heterocycles. The van der Waals surface area contributed by atoms with Crippen LogP contribution in [0.15, 0.2) is 30.3 Å². The second kappa shape index (κ2) is 9.15. The molecule has 170 valence electrons. The van der Waals surface area contributed by atoms with Crippen molar-refractivity contribution in [2.75, 3.05) is 20.3 Å². The van der Waals surface area contributed by atoms with Crippen molar-refractivity contribution in [3.63, 3.8) is 0 Å². The highest BCUT2D eigenvalue weighted by Gasteiger charge is 2.29. The molecular formula is C25H24N2O5S. The molecule has 0 aliphatic heterocycles. The van der Waals surface area contributed by atoms with E-state index >= 15 is 0 Å². The number of ether oxygens (including phenoxy) is 3. The van der Waals surface area contributed by atoms with Crippen molar-refractivity contribution in [1.82, 2.24) is 9.97 Å². The number of pyridine rings is 2. The van der Waals surface area contributed by atoms with E-state index in [0.29, 0.717) is 28.4 Å². The van der Waals surface area contributed by atoms with Gasteiger partial charge >= 0.3 is 11.9 Å². The van der Waals surface area contributed by atoms with Gasteiger partial charge in [-0.15, -0.1) is 11.3 Å². The van der Waals surface area contributed by atoms with Crippen LogP contribution in [0.2, 0.25) is 0 Å². The zero-order valence-corrected chi connectivity index (χ0v) is 20.0. The van der Waals surface area contributed by atoms with Crippen LogP contribution in [0.25, 0.3) is 31.6 Å². The quantitative estimate of drug-likeness (QED) is 0.349. The maximum absolute atomic E-state index is 13.0. The van der Waals surface area contributed by atoms with Crippen LogP contribution in [0.1, 0.15) is 46.0 Å². The van der Waals surface area contributed by atoms with E-state index in [1.54, 1.807) is 52.2 Å². The van der Waals surface area contributed by atoms with E-state index in [4.69, 9.17) is 19.2 Å². The Balaban J connectivity index is 2.13. The maximum atomic E-state index is 13.0. The van der Waals surface area contributed by atoms with Crippen molar-refractivity contribution in [3.8, 4) is 17.0 Å². The molecule has 4 aromatic rings. The summed E-state index contributed by atoms with van der Waals surface area (Å²) in [6, 6.07) is 9.68. The molecule has 7 nitrogen and oxygen atoms in total. The van der Waals surface area contributed by atoms with E-state index in [0.717, 1.165) is 20.3 Å². The smallest absolute Gasteiger partial charge is 0.340 e. The highest BCUT2D eigenvalue weighted by molar-refractivity contribution is 7.26. The molecule has 0 spiro atoms. The summed E-state index contributed by atoms with van der Waals surface area (Å²) in [6.07, 6.45) is 0. The first-order valence-electron chi connectivity index (χ1n) is 10.6. The number of aryl methyl sites for hydroxylation is 2. The minimum Gasteiger partial charge on any atom is -0.495 e. The van der Waals surface area contributed by atoms with E-state index in [9.17, 15) is 9.59 Å². The molecule has 3 heterocycles. The van der Waals surface area contributed by atoms with Crippen LogP contribution >= 0.6 is 11.3 Å². The van der Waals surface area contributed by atoms with E-state index in [1.165, 1.54) is 0 Å². The van der Waals surface area contributed by atoms with Crippen molar-refractivity contribution >= 4 is 43.6 Å². The lowest BCUT2D eigenvalue weighted by molar-refractivity contribution is 0.0525. The summed E-state index contributed by atoms with van der Waals surface area (Å²) in [5.74, 6) is -0.536. The molecule has 0 saturated carbocycles. The molecule has 0 N–H and O–H groups in total. The summed E-state index contributed by atoms with van der Waals surface area (Å²) in [5.41, 5.74) is 2.78. The van der Waals surface area contributed by atoms with Crippen molar-refractivity contribution in [3.05, 3.63) is 52.8 Å². The number of fused-ring (bicyclic) bond motifs is 3. The summed E-state index contributed by atoms with van der Waals surface area (Å²) >= 11 is 1.58. The van der Waals surface area contributed by atoms with Gasteiger partial charge in [0.25, 0.3) is 0 Å². The molecule has 33 heavy (non-hydrogen) atoms. The Labute approximate surface area is 195 Å². The third kappa shape index (κ3) is 3.91. The van der Waals surface area contributed by atoms with Gasteiger partial charge in [0.2, 0.25) is 0 Å². The number of hydrogen-bond acceptors (Lipinski definition) is 8. The van der Waals surface area contributed by atoms with Crippen molar-refractivity contribution in [2.45, 2.75) is 27.7 Å². The number of methoxy groups -OCH3 is 1. The van der Waals surface area contributed by atoms with Gasteiger partial charge in [-0.2, -0.15) is 0 Å². The number of benzene rings is 1. The highest BCUT2D eigenvalue weighted by atomic mass is 32.1. The number of carbonyl (C=O) groups excluding carboxylic acids is 2. The van der Waals surface area contributed by atoms with Crippen LogP contribution in [-0.2, 0) is 9.47 Å². The minimum absolute atomic E-state index is 0.186. The SMILES string of the molecule is CCOC(=O)c1c(C)nc(C)c(C(=O)OCC)c1-c1cc(OC)c2sc3ccccc3c2n1. The highest BCUT2D eigenvalue weighted by Crippen LogP contribution is 2.42. The minimum atomic E-state index is -0.570. The third-order valence-corrected chi connectivity index (χ3v) is 6.46. The Hall–Kier alpha value is -3.52. The predicted octanol–water partition coefficient (Wildman–Crippen LogP) is 5.49. The van der Waals surface area contributed by atoms with Crippen LogP contribution in [0.5, 0.6) is 5.75 Å². The van der Waals surface area contributed by atoms with Gasteiger partial charge in [-0.3, -0.25) is 4.98 Å². The fraction of sp³-hybridized carbons (Fsp3) is 0.280. The van der Waals surface area contributed by atoms with Crippen LogP contribution in [-0.4, -0.2) is 42.2 Å². The summed E-state index contributed by atoms with van der Waals surface area (Å²) < 4.78 is 18.3. The second-order valence-corrected chi connectivity index (χ2v) is 8.39. The predicted molar refractivity (Wildman–Crippen MR) is 128 cm³/mol. The van der Waals surface area contributed by atoms with Crippen molar-refractivity contribution < 1.29 is 23.8 Å². The summed E-state index contributed by atoms with van der Waals surface area (Å²) in [4.78, 5) is 35.4. The number of aromatic nitrogens is 2. The monoisotopic (exact) mass is 464 g/mol. The molecule has 0 atom stereocenters. The van der Waals surface area contributed by atoms with Gasteiger partial charge < -0.3 is 14.2 Å². The van der Waals surface area contributed by atoms with Crippen molar-refractivity contribution in [1.29, 1.82) is 0 Å². The second-order valence-electron chi connectivity index (χ2n) is 7.33. The molecule has 1 aromatic carbocycles. The molecule has 0 amide bonds. The lowest BCUT2D eigenvalue weighted by Crippen LogP contribution is -2.18. The van der Waals surface area contributed by atoms with Crippen LogP contribution in [0.3, 0.4) is 0 Å². The molecule has 4 rings (SSSR count). The number of nitrogens with zero attached hydrogens (tertiary/aromatic N) is 2. The number of rotatable bonds is 6. The zero-order chi connectivity index (χ0) is 23.7. The fourth-order valence-electron chi connectivity index (χ4n) is 3.94. The molecule has 8 heteroatoms. The number of esters is 2. The van der Waals surface area contributed by atoms with Gasteiger partial charge in [-0.05, 0) is 33.8 Å². The molecule has 0 unspecified atom stereocenters. The lowest BCUT2D eigenvalue weighted by Gasteiger charge is -2.18. The first-order chi connectivity index (χ1) is 15.9. The molecule has 0 aliphatic rings. The largest absolute Gasteiger partial charge is 0.495 e. The molecule has 0 bridgehead atoms. The Morgan fingerprint density at radius 2 is 1.55 bits per heavy atom. The maximum Gasteiger partial charge on any atom is 0.340 e. The lowest BCUT2D eigenvalue weighted by atomic mass is 9.95. The zero-order valence-electron chi connectivity index (χ0n) is 19.1. The number of thiophene rings is 1. The van der Waals surface area contributed by atoms with Gasteiger partial charge in [0.05, 0.1) is 58.7 Å². The van der Waals surface area contributed by atoms with Crippen LogP contribution in [0.4, 0.5) is 0 Å². The van der Waals surface area contributed by atoms with Crippen molar-refractivity contribution in [2.24, 2.45) is 0 Å². The number of carbonyl (C=O) groups is 2. The summed E-state index contributed by atoms with van der Waals surface area (Å²) in [5, 5.41) is 0.968. The average molecular weight is 465 g/mol. The van der Waals surface area contributed by atoms with Crippen LogP contribution < -0.4 is 4.74 Å². The average Bonchev–Trinajstić information content (AvgIpc) is 3.16. The first kappa shape index (κ1) is 22.7. The Morgan fingerprint density at radius 3 is 2.12 bits per heavy atom. The standard InChI is InChI=1S/C25H24N2O5S/c1-6-31-24(28)19-13(3)26-14(4)20(25(29)32-7-2)21(19)16-12-17(30-5)23-22(27-16)15-10-8-9-11-18(15)33-23/h8-12H,6-7H2,1-5H3. The third-order valence-electron chi connectivity index (χ3n) is 5.29. The van der Waals surface area contributed by atoms with Gasteiger partial charge in [0, 0.05) is 21.7 Å². The number of hydrogen-bond donors (Lipinski definition) is 0. The first-order valence-corrected chi connectivity index (χ1v) is 11.4. The van der Waals surface area contributed by atoms with Gasteiger partial charge in [0.15, 0.2) is 0 Å². The molecule has 0 aliphatic carbocycles. The Morgan fingerprint density at radius 1 is 0.939 bits per heavy atom. The van der Waals surface area contributed by atoms with E-state index in [2.05, 4.69) is 4.98 Å². The van der Waals surface area contributed by atoms with Gasteiger partial charge in [-0.25, -0.2) is 14.6 Å². The van der Waals surface area contributed by atoms with E-state index < -0.39 is 11.9 Å². The molecule has 0 radical (unpaired) electrons. The fourth-order valence-corrected chi connectivity index (χ4v) is 5.08. The Bertz CT molecular complexity index is 1350. The summed E-state index contributed by atoms with van der Waals surface area (Å²) in [6.45, 7) is 7.26.